The lowest BCUT2D eigenvalue weighted by Crippen LogP contribution is -2.18. The predicted molar refractivity (Wildman–Crippen MR) is 54.7 cm³/mol. The molecule has 0 aromatic carbocycles. The van der Waals surface area contributed by atoms with E-state index >= 15 is 0 Å². The van der Waals surface area contributed by atoms with Crippen LogP contribution in [0.3, 0.4) is 0 Å². The summed E-state index contributed by atoms with van der Waals surface area (Å²) in [5.41, 5.74) is 6.92. The van der Waals surface area contributed by atoms with Gasteiger partial charge in [-0.05, 0) is 19.3 Å². The summed E-state index contributed by atoms with van der Waals surface area (Å²) in [7, 11) is 0. The molecule has 1 aromatic rings. The Morgan fingerprint density at radius 3 is 2.77 bits per heavy atom. The molecule has 13 heavy (non-hydrogen) atoms. The fourth-order valence-electron chi connectivity index (χ4n) is 1.39. The molecule has 1 rings (SSSR count). The van der Waals surface area contributed by atoms with Crippen molar-refractivity contribution in [1.29, 1.82) is 0 Å². The normalized spacial score (nSPS) is 15.7. The van der Waals surface area contributed by atoms with Gasteiger partial charge in [-0.1, -0.05) is 13.8 Å². The number of imidazole rings is 1. The van der Waals surface area contributed by atoms with Gasteiger partial charge in [0.15, 0.2) is 0 Å². The molecule has 0 amide bonds. The molecule has 0 aliphatic heterocycles. The van der Waals surface area contributed by atoms with Crippen LogP contribution in [-0.2, 0) is 0 Å². The summed E-state index contributed by atoms with van der Waals surface area (Å²) in [6.45, 7) is 7.19. The van der Waals surface area contributed by atoms with Crippen LogP contribution in [0.15, 0.2) is 12.5 Å². The quantitative estimate of drug-likeness (QED) is 0.771. The van der Waals surface area contributed by atoms with E-state index < -0.39 is 0 Å². The van der Waals surface area contributed by atoms with E-state index in [4.69, 9.17) is 5.73 Å². The lowest BCUT2D eigenvalue weighted by atomic mass is 10.1. The molecular formula is C10H19N3. The number of nitrogens with two attached hydrogens (primary N) is 1. The summed E-state index contributed by atoms with van der Waals surface area (Å²) < 4.78 is 2.17. The highest BCUT2D eigenvalue weighted by Gasteiger charge is 2.12. The van der Waals surface area contributed by atoms with Crippen molar-refractivity contribution in [3.05, 3.63) is 18.2 Å². The highest BCUT2D eigenvalue weighted by Crippen LogP contribution is 2.20. The molecule has 1 heterocycles. The van der Waals surface area contributed by atoms with Crippen LogP contribution in [0.1, 0.15) is 44.8 Å². The van der Waals surface area contributed by atoms with Crippen molar-refractivity contribution in [2.45, 2.75) is 39.2 Å². The average Bonchev–Trinajstić information content (AvgIpc) is 2.63. The minimum absolute atomic E-state index is 0.353. The van der Waals surface area contributed by atoms with E-state index in [0.717, 1.165) is 6.42 Å². The monoisotopic (exact) mass is 181 g/mol. The van der Waals surface area contributed by atoms with Gasteiger partial charge < -0.3 is 10.3 Å². The van der Waals surface area contributed by atoms with Crippen LogP contribution in [0.25, 0.3) is 0 Å². The van der Waals surface area contributed by atoms with Gasteiger partial charge >= 0.3 is 0 Å². The van der Waals surface area contributed by atoms with Crippen molar-refractivity contribution >= 4 is 0 Å². The van der Waals surface area contributed by atoms with E-state index in [2.05, 4.69) is 30.3 Å². The van der Waals surface area contributed by atoms with Crippen molar-refractivity contribution in [3.63, 3.8) is 0 Å². The van der Waals surface area contributed by atoms with E-state index in [0.29, 0.717) is 18.5 Å². The lowest BCUT2D eigenvalue weighted by Gasteiger charge is -2.17. The predicted octanol–water partition coefficient (Wildman–Crippen LogP) is 1.92. The van der Waals surface area contributed by atoms with Gasteiger partial charge in [-0.25, -0.2) is 4.98 Å². The van der Waals surface area contributed by atoms with Crippen LogP contribution in [0.2, 0.25) is 0 Å². The van der Waals surface area contributed by atoms with Gasteiger partial charge in [0.2, 0.25) is 0 Å². The lowest BCUT2D eigenvalue weighted by molar-refractivity contribution is 0.515. The molecule has 0 radical (unpaired) electrons. The molecule has 0 bridgehead atoms. The maximum Gasteiger partial charge on any atom is 0.0951 e. The minimum Gasteiger partial charge on any atom is -0.330 e. The Kier molecular flexibility index (Phi) is 3.48. The third kappa shape index (κ3) is 2.10. The molecule has 0 saturated heterocycles. The first kappa shape index (κ1) is 10.3. The largest absolute Gasteiger partial charge is 0.330 e. The van der Waals surface area contributed by atoms with Crippen molar-refractivity contribution in [2.75, 3.05) is 6.54 Å². The first-order chi connectivity index (χ1) is 6.20. The Bertz CT molecular complexity index is 230. The Labute approximate surface area is 80.0 Å². The van der Waals surface area contributed by atoms with Crippen LogP contribution in [0, 0.1) is 0 Å². The molecule has 1 aromatic heterocycles. The number of hydrogen-bond acceptors (Lipinski definition) is 2. The van der Waals surface area contributed by atoms with E-state index in [1.54, 1.807) is 0 Å². The molecular weight excluding hydrogens is 162 g/mol. The molecule has 0 saturated carbocycles. The number of rotatable bonds is 4. The minimum atomic E-state index is 0.353. The molecule has 2 unspecified atom stereocenters. The summed E-state index contributed by atoms with van der Waals surface area (Å²) in [4.78, 5) is 4.17. The second kappa shape index (κ2) is 4.42. The Balaban J connectivity index is 2.88. The first-order valence-electron chi connectivity index (χ1n) is 4.92. The van der Waals surface area contributed by atoms with Gasteiger partial charge in [-0.15, -0.1) is 0 Å². The zero-order valence-corrected chi connectivity index (χ0v) is 8.70. The van der Waals surface area contributed by atoms with Crippen LogP contribution in [-0.4, -0.2) is 16.1 Å². The molecule has 2 atom stereocenters. The Morgan fingerprint density at radius 1 is 1.54 bits per heavy atom. The summed E-state index contributed by atoms with van der Waals surface area (Å²) in [5, 5.41) is 0. The Hall–Kier alpha value is -0.830. The van der Waals surface area contributed by atoms with Gasteiger partial charge in [-0.3, -0.25) is 0 Å². The maximum atomic E-state index is 5.63. The first-order valence-corrected chi connectivity index (χ1v) is 4.92. The Morgan fingerprint density at radius 2 is 2.23 bits per heavy atom. The van der Waals surface area contributed by atoms with E-state index in [9.17, 15) is 0 Å². The third-order valence-electron chi connectivity index (χ3n) is 2.63. The molecule has 0 spiro atoms. The van der Waals surface area contributed by atoms with Crippen LogP contribution in [0.4, 0.5) is 0 Å². The summed E-state index contributed by atoms with van der Waals surface area (Å²) >= 11 is 0. The van der Waals surface area contributed by atoms with Crippen molar-refractivity contribution in [1.82, 2.24) is 9.55 Å². The molecule has 3 nitrogen and oxygen atoms in total. The van der Waals surface area contributed by atoms with E-state index in [1.165, 1.54) is 5.69 Å². The zero-order valence-electron chi connectivity index (χ0n) is 8.70. The van der Waals surface area contributed by atoms with E-state index in [-0.39, 0.29) is 0 Å². The van der Waals surface area contributed by atoms with Crippen LogP contribution >= 0.6 is 0 Å². The summed E-state index contributed by atoms with van der Waals surface area (Å²) in [6, 6.07) is 0.353. The van der Waals surface area contributed by atoms with Crippen molar-refractivity contribution in [2.24, 2.45) is 5.73 Å². The van der Waals surface area contributed by atoms with Crippen LogP contribution < -0.4 is 5.73 Å². The topological polar surface area (TPSA) is 43.8 Å². The van der Waals surface area contributed by atoms with Gasteiger partial charge in [0.1, 0.15) is 0 Å². The number of aromatic nitrogens is 2. The number of nitrogens with zero attached hydrogens (tertiary/aromatic N) is 2. The fourth-order valence-corrected chi connectivity index (χ4v) is 1.39. The summed E-state index contributed by atoms with van der Waals surface area (Å²) in [6.07, 6.45) is 4.96. The fraction of sp³-hybridized carbons (Fsp3) is 0.700. The molecule has 2 N–H and O–H groups in total. The summed E-state index contributed by atoms with van der Waals surface area (Å²) in [5.74, 6) is 0.566. The average molecular weight is 181 g/mol. The second-order valence-corrected chi connectivity index (χ2v) is 3.62. The second-order valence-electron chi connectivity index (χ2n) is 3.62. The van der Waals surface area contributed by atoms with Gasteiger partial charge in [0, 0.05) is 24.5 Å². The molecule has 0 fully saturated rings. The highest BCUT2D eigenvalue weighted by molar-refractivity contribution is 5.06. The molecule has 0 aliphatic rings. The van der Waals surface area contributed by atoms with Crippen LogP contribution in [0.5, 0.6) is 0 Å². The maximum absolute atomic E-state index is 5.63. The van der Waals surface area contributed by atoms with Gasteiger partial charge in [0.05, 0.1) is 6.33 Å². The van der Waals surface area contributed by atoms with Crippen molar-refractivity contribution < 1.29 is 0 Å². The molecule has 74 valence electrons. The smallest absolute Gasteiger partial charge is 0.0951 e. The van der Waals surface area contributed by atoms with E-state index in [1.807, 2.05) is 12.5 Å². The highest BCUT2D eigenvalue weighted by atomic mass is 15.1. The number of hydrogen-bond donors (Lipinski definition) is 1. The molecule has 3 heteroatoms. The van der Waals surface area contributed by atoms with Gasteiger partial charge in [0.25, 0.3) is 0 Å². The van der Waals surface area contributed by atoms with Crippen molar-refractivity contribution in [3.8, 4) is 0 Å². The third-order valence-corrected chi connectivity index (χ3v) is 2.63. The standard InChI is InChI=1S/C10H19N3/c1-4-8(2)10-6-12-7-13(10)9(3)5-11/h6-9H,4-5,11H2,1-3H3. The SMILES string of the molecule is CCC(C)c1cncn1C(C)CN. The van der Waals surface area contributed by atoms with Gasteiger partial charge in [-0.2, -0.15) is 0 Å². The molecule has 0 aliphatic carbocycles. The zero-order chi connectivity index (χ0) is 9.84.